The van der Waals surface area contributed by atoms with Crippen molar-refractivity contribution in [1.82, 2.24) is 0 Å². The summed E-state index contributed by atoms with van der Waals surface area (Å²) in [6.07, 6.45) is 0. The second-order valence-electron chi connectivity index (χ2n) is 17.7. The van der Waals surface area contributed by atoms with E-state index in [9.17, 15) is 0 Å². The lowest BCUT2D eigenvalue weighted by atomic mass is 9.67. The number of rotatable bonds is 7. The Labute approximate surface area is 370 Å². The molecule has 1 heteroatoms. The molecule has 0 N–H and O–H groups in total. The van der Waals surface area contributed by atoms with Crippen LogP contribution in [0.25, 0.3) is 55.3 Å². The standard InChI is InChI=1S/C62H45N/c1-61(2)56-28-13-11-26-53(56)55-27-16-30-59(60(55)61)63(51-24-15-19-45(40-51)46-32-31-42-17-9-10-18-44(42)39-46)50-36-33-43(34-37-50)47-35-38-54-52-25-12-14-29-57(52)62(58(54)41-47,48-20-5-3-6-21-48)49-22-7-4-8-23-49/h3-41H,1-2H3. The van der Waals surface area contributed by atoms with Crippen molar-refractivity contribution in [2.45, 2.75) is 24.7 Å². The fourth-order valence-electron chi connectivity index (χ4n) is 11.1. The summed E-state index contributed by atoms with van der Waals surface area (Å²) in [5.74, 6) is 0. The molecule has 1 nitrogen and oxygen atoms in total. The zero-order valence-electron chi connectivity index (χ0n) is 35.5. The van der Waals surface area contributed by atoms with Crippen molar-refractivity contribution < 1.29 is 0 Å². The molecule has 0 aliphatic heterocycles. The molecule has 0 bridgehead atoms. The average Bonchev–Trinajstić information content (AvgIpc) is 3.78. The molecule has 0 saturated carbocycles. The third-order valence-corrected chi connectivity index (χ3v) is 13.9. The molecule has 2 aliphatic rings. The third kappa shape index (κ3) is 5.70. The zero-order valence-corrected chi connectivity index (χ0v) is 35.5. The van der Waals surface area contributed by atoms with Crippen LogP contribution in [-0.2, 0) is 10.8 Å². The minimum atomic E-state index is -0.449. The van der Waals surface area contributed by atoms with Gasteiger partial charge in [0.25, 0.3) is 0 Å². The zero-order chi connectivity index (χ0) is 42.1. The summed E-state index contributed by atoms with van der Waals surface area (Å²) >= 11 is 0. The van der Waals surface area contributed by atoms with Crippen LogP contribution in [0.5, 0.6) is 0 Å². The maximum atomic E-state index is 2.48. The van der Waals surface area contributed by atoms with Crippen molar-refractivity contribution >= 4 is 27.8 Å². The van der Waals surface area contributed by atoms with Gasteiger partial charge >= 0.3 is 0 Å². The number of hydrogen-bond donors (Lipinski definition) is 0. The highest BCUT2D eigenvalue weighted by atomic mass is 15.1. The number of hydrogen-bond acceptors (Lipinski definition) is 1. The predicted octanol–water partition coefficient (Wildman–Crippen LogP) is 16.3. The van der Waals surface area contributed by atoms with E-state index in [0.717, 1.165) is 11.4 Å². The van der Waals surface area contributed by atoms with Gasteiger partial charge in [0, 0.05) is 16.8 Å². The maximum absolute atomic E-state index is 2.48. The highest BCUT2D eigenvalue weighted by Gasteiger charge is 2.46. The summed E-state index contributed by atoms with van der Waals surface area (Å²) in [6.45, 7) is 4.76. The van der Waals surface area contributed by atoms with Gasteiger partial charge in [-0.25, -0.2) is 0 Å². The molecular weight excluding hydrogens is 759 g/mol. The second-order valence-corrected chi connectivity index (χ2v) is 17.7. The van der Waals surface area contributed by atoms with Gasteiger partial charge in [-0.05, 0) is 131 Å². The van der Waals surface area contributed by atoms with Crippen LogP contribution in [0, 0.1) is 0 Å². The van der Waals surface area contributed by atoms with Crippen molar-refractivity contribution in [1.29, 1.82) is 0 Å². The molecule has 0 aromatic heterocycles. The average molecular weight is 804 g/mol. The van der Waals surface area contributed by atoms with E-state index >= 15 is 0 Å². The van der Waals surface area contributed by atoms with E-state index in [1.807, 2.05) is 0 Å². The van der Waals surface area contributed by atoms with Gasteiger partial charge in [-0.3, -0.25) is 0 Å². The van der Waals surface area contributed by atoms with Gasteiger partial charge < -0.3 is 4.90 Å². The van der Waals surface area contributed by atoms with Crippen LogP contribution >= 0.6 is 0 Å². The summed E-state index contributed by atoms with van der Waals surface area (Å²) in [5.41, 5.74) is 20.7. The van der Waals surface area contributed by atoms with Crippen molar-refractivity contribution in [2.24, 2.45) is 0 Å². The molecule has 10 aromatic carbocycles. The van der Waals surface area contributed by atoms with E-state index in [4.69, 9.17) is 0 Å². The van der Waals surface area contributed by atoms with Crippen LogP contribution in [0.3, 0.4) is 0 Å². The van der Waals surface area contributed by atoms with Gasteiger partial charge in [0.05, 0.1) is 11.1 Å². The molecule has 0 radical (unpaired) electrons. The van der Waals surface area contributed by atoms with Gasteiger partial charge in [-0.15, -0.1) is 0 Å². The molecular formula is C62H45N. The Morgan fingerprint density at radius 3 is 1.60 bits per heavy atom. The van der Waals surface area contributed by atoms with Crippen LogP contribution in [0.2, 0.25) is 0 Å². The summed E-state index contributed by atoms with van der Waals surface area (Å²) < 4.78 is 0. The largest absolute Gasteiger partial charge is 0.310 e. The smallest absolute Gasteiger partial charge is 0.0713 e. The third-order valence-electron chi connectivity index (χ3n) is 13.9. The summed E-state index contributed by atoms with van der Waals surface area (Å²) in [7, 11) is 0. The summed E-state index contributed by atoms with van der Waals surface area (Å²) in [6, 6.07) is 87.7. The first kappa shape index (κ1) is 37.1. The van der Waals surface area contributed by atoms with Crippen LogP contribution < -0.4 is 4.90 Å². The van der Waals surface area contributed by atoms with Crippen molar-refractivity contribution in [3.8, 4) is 44.5 Å². The van der Waals surface area contributed by atoms with Crippen molar-refractivity contribution in [2.75, 3.05) is 4.90 Å². The molecule has 0 heterocycles. The summed E-state index contributed by atoms with van der Waals surface area (Å²) in [4.78, 5) is 2.48. The van der Waals surface area contributed by atoms with Gasteiger partial charge in [0.1, 0.15) is 0 Å². The molecule has 298 valence electrons. The lowest BCUT2D eigenvalue weighted by molar-refractivity contribution is 0.661. The second kappa shape index (κ2) is 14.4. The predicted molar refractivity (Wildman–Crippen MR) is 264 cm³/mol. The van der Waals surface area contributed by atoms with Crippen molar-refractivity contribution in [3.05, 3.63) is 270 Å². The van der Waals surface area contributed by atoms with E-state index in [1.54, 1.807) is 0 Å². The molecule has 12 rings (SSSR count). The first-order valence-corrected chi connectivity index (χ1v) is 22.1. The lowest BCUT2D eigenvalue weighted by Gasteiger charge is -2.34. The van der Waals surface area contributed by atoms with Crippen molar-refractivity contribution in [3.63, 3.8) is 0 Å². The normalized spacial score (nSPS) is 13.8. The Hall–Kier alpha value is -7.74. The SMILES string of the molecule is CC1(C)c2ccccc2-c2cccc(N(c3ccc(-c4ccc5c(c4)C(c4ccccc4)(c4ccccc4)c4ccccc4-5)cc3)c3cccc(-c4ccc5ccccc5c4)c3)c21. The summed E-state index contributed by atoms with van der Waals surface area (Å²) in [5, 5.41) is 2.49. The van der Waals surface area contributed by atoms with E-state index in [0.29, 0.717) is 0 Å². The van der Waals surface area contributed by atoms with E-state index < -0.39 is 5.41 Å². The topological polar surface area (TPSA) is 3.24 Å². The Kier molecular flexibility index (Phi) is 8.49. The van der Waals surface area contributed by atoms with E-state index in [1.165, 1.54) is 94.3 Å². The van der Waals surface area contributed by atoms with Crippen LogP contribution in [0.4, 0.5) is 17.1 Å². The fraction of sp³-hybridized carbons (Fsp3) is 0.0645. The molecule has 0 saturated heterocycles. The van der Waals surface area contributed by atoms with Gasteiger partial charge in [-0.2, -0.15) is 0 Å². The Balaban J connectivity index is 1.01. The van der Waals surface area contributed by atoms with Crippen LogP contribution in [0.15, 0.2) is 237 Å². The van der Waals surface area contributed by atoms with Gasteiger partial charge in [0.15, 0.2) is 0 Å². The quantitative estimate of drug-likeness (QED) is 0.155. The molecule has 0 atom stereocenters. The maximum Gasteiger partial charge on any atom is 0.0713 e. The van der Waals surface area contributed by atoms with Crippen LogP contribution in [0.1, 0.15) is 47.2 Å². The fourth-order valence-corrected chi connectivity index (χ4v) is 11.1. The highest BCUT2D eigenvalue weighted by molar-refractivity contribution is 5.93. The first-order valence-electron chi connectivity index (χ1n) is 22.1. The monoisotopic (exact) mass is 803 g/mol. The molecule has 2 aliphatic carbocycles. The number of nitrogens with zero attached hydrogens (tertiary/aromatic N) is 1. The van der Waals surface area contributed by atoms with Gasteiger partial charge in [-0.1, -0.05) is 208 Å². The molecule has 10 aromatic rings. The molecule has 0 fully saturated rings. The Morgan fingerprint density at radius 2 is 0.857 bits per heavy atom. The minimum absolute atomic E-state index is 0.192. The Bertz CT molecular complexity index is 3320. The number of fused-ring (bicyclic) bond motifs is 7. The van der Waals surface area contributed by atoms with E-state index in [2.05, 4.69) is 255 Å². The molecule has 0 spiro atoms. The molecule has 0 amide bonds. The first-order chi connectivity index (χ1) is 31.0. The highest BCUT2D eigenvalue weighted by Crippen LogP contribution is 2.57. The minimum Gasteiger partial charge on any atom is -0.310 e. The Morgan fingerprint density at radius 1 is 0.317 bits per heavy atom. The van der Waals surface area contributed by atoms with E-state index in [-0.39, 0.29) is 5.41 Å². The number of benzene rings is 10. The lowest BCUT2D eigenvalue weighted by Crippen LogP contribution is -2.28. The van der Waals surface area contributed by atoms with Gasteiger partial charge in [0.2, 0.25) is 0 Å². The molecule has 63 heavy (non-hydrogen) atoms. The number of anilines is 3. The molecule has 0 unspecified atom stereocenters. The van der Waals surface area contributed by atoms with Crippen LogP contribution in [-0.4, -0.2) is 0 Å².